The molecule has 10 heteroatoms. The lowest BCUT2D eigenvalue weighted by Crippen LogP contribution is -2.47. The molecule has 0 atom stereocenters. The van der Waals surface area contributed by atoms with Gasteiger partial charge in [-0.05, 0) is 42.0 Å². The normalized spacial score (nSPS) is 15.3. The molecule has 1 saturated heterocycles. The van der Waals surface area contributed by atoms with Gasteiger partial charge in [0.05, 0.1) is 42.2 Å². The molecule has 2 aliphatic rings. The van der Waals surface area contributed by atoms with E-state index in [-0.39, 0.29) is 5.91 Å². The number of nitrogens with one attached hydrogen (secondary N) is 1. The van der Waals surface area contributed by atoms with Gasteiger partial charge < -0.3 is 14.4 Å². The molecule has 6 rings (SSSR count). The Kier molecular flexibility index (Phi) is 6.46. The Bertz CT molecular complexity index is 1470. The molecule has 37 heavy (non-hydrogen) atoms. The summed E-state index contributed by atoms with van der Waals surface area (Å²) in [6, 6.07) is 14.9. The number of hydrogen-bond donors (Lipinski definition) is 1. The largest absolute Gasteiger partial charge is 0.489 e. The highest BCUT2D eigenvalue weighted by molar-refractivity contribution is 6.35. The Hall–Kier alpha value is -3.59. The van der Waals surface area contributed by atoms with Gasteiger partial charge in [0.1, 0.15) is 17.9 Å². The van der Waals surface area contributed by atoms with Gasteiger partial charge in [-0.25, -0.2) is 0 Å². The van der Waals surface area contributed by atoms with Crippen molar-refractivity contribution in [1.29, 1.82) is 0 Å². The van der Waals surface area contributed by atoms with Crippen molar-refractivity contribution in [3.63, 3.8) is 0 Å². The van der Waals surface area contributed by atoms with E-state index >= 15 is 0 Å². The van der Waals surface area contributed by atoms with Crippen LogP contribution in [0.2, 0.25) is 10.0 Å². The van der Waals surface area contributed by atoms with Crippen molar-refractivity contribution < 1.29 is 14.3 Å². The molecular weight excluding hydrogens is 513 g/mol. The van der Waals surface area contributed by atoms with Crippen LogP contribution in [0, 0.1) is 0 Å². The Morgan fingerprint density at radius 2 is 1.70 bits per heavy atom. The summed E-state index contributed by atoms with van der Waals surface area (Å²) in [5, 5.41) is 2.87. The van der Waals surface area contributed by atoms with Crippen molar-refractivity contribution in [2.24, 2.45) is 0 Å². The molecule has 0 spiro atoms. The maximum atomic E-state index is 13.7. The van der Waals surface area contributed by atoms with Gasteiger partial charge in [0.2, 0.25) is 0 Å². The second-order valence-corrected chi connectivity index (χ2v) is 9.62. The SMILES string of the molecule is O=C(NN1CCOc2ccccc21)c1cnc2c(-c3cc(Cl)cc(Cl)c3)ccnc2c1N1CCOCC1. The zero-order valence-electron chi connectivity index (χ0n) is 19.8. The highest BCUT2D eigenvalue weighted by Crippen LogP contribution is 2.36. The first-order chi connectivity index (χ1) is 18.1. The van der Waals surface area contributed by atoms with Crippen molar-refractivity contribution in [2.75, 3.05) is 49.4 Å². The molecule has 2 aromatic heterocycles. The molecule has 4 heterocycles. The third-order valence-corrected chi connectivity index (χ3v) is 6.87. The summed E-state index contributed by atoms with van der Waals surface area (Å²) < 4.78 is 11.3. The summed E-state index contributed by atoms with van der Waals surface area (Å²) in [4.78, 5) is 25.3. The Morgan fingerprint density at radius 1 is 0.919 bits per heavy atom. The van der Waals surface area contributed by atoms with Crippen LogP contribution in [-0.4, -0.2) is 55.3 Å². The maximum absolute atomic E-state index is 13.7. The number of carbonyl (C=O) groups excluding carboxylic acids is 1. The molecule has 0 unspecified atom stereocenters. The van der Waals surface area contributed by atoms with Gasteiger partial charge in [0.15, 0.2) is 0 Å². The van der Waals surface area contributed by atoms with Crippen LogP contribution in [0.1, 0.15) is 10.4 Å². The summed E-state index contributed by atoms with van der Waals surface area (Å²) in [5.74, 6) is 0.455. The third kappa shape index (κ3) is 4.64. The lowest BCUT2D eigenvalue weighted by Gasteiger charge is -2.33. The minimum Gasteiger partial charge on any atom is -0.489 e. The quantitative estimate of drug-likeness (QED) is 0.394. The molecule has 8 nitrogen and oxygen atoms in total. The lowest BCUT2D eigenvalue weighted by atomic mass is 10.0. The first-order valence-electron chi connectivity index (χ1n) is 12.0. The van der Waals surface area contributed by atoms with Crippen LogP contribution in [0.25, 0.3) is 22.2 Å². The average Bonchev–Trinajstić information content (AvgIpc) is 2.92. The molecule has 2 aliphatic heterocycles. The zero-order valence-corrected chi connectivity index (χ0v) is 21.3. The number of carbonyl (C=O) groups is 1. The standard InChI is InChI=1S/C27H23Cl2N5O3/c28-18-13-17(14-19(29)15-18)20-5-6-30-25-24(20)31-16-21(26(25)33-7-10-36-11-8-33)27(35)32-34-9-12-37-23-4-2-1-3-22(23)34/h1-6,13-16H,7-12H2,(H,32,35). The molecular formula is C27H23Cl2N5O3. The summed E-state index contributed by atoms with van der Waals surface area (Å²) in [6.45, 7) is 3.38. The highest BCUT2D eigenvalue weighted by Gasteiger charge is 2.27. The molecule has 2 aromatic carbocycles. The van der Waals surface area contributed by atoms with E-state index < -0.39 is 0 Å². The van der Waals surface area contributed by atoms with Crippen molar-refractivity contribution in [3.8, 4) is 16.9 Å². The van der Waals surface area contributed by atoms with E-state index in [2.05, 4.69) is 15.3 Å². The number of hydrogen-bond acceptors (Lipinski definition) is 7. The van der Waals surface area contributed by atoms with Gasteiger partial charge in [-0.1, -0.05) is 35.3 Å². The zero-order chi connectivity index (χ0) is 25.4. The average molecular weight is 536 g/mol. The van der Waals surface area contributed by atoms with Crippen molar-refractivity contribution in [1.82, 2.24) is 15.4 Å². The third-order valence-electron chi connectivity index (χ3n) is 6.44. The molecule has 188 valence electrons. The van der Waals surface area contributed by atoms with Gasteiger partial charge in [-0.2, -0.15) is 0 Å². The second-order valence-electron chi connectivity index (χ2n) is 8.74. The van der Waals surface area contributed by atoms with E-state index in [1.165, 1.54) is 0 Å². The monoisotopic (exact) mass is 535 g/mol. The number of amides is 1. The fourth-order valence-corrected chi connectivity index (χ4v) is 5.29. The molecule has 0 saturated carbocycles. The Morgan fingerprint density at radius 3 is 2.51 bits per heavy atom. The van der Waals surface area contributed by atoms with Gasteiger partial charge in [-0.3, -0.25) is 25.2 Å². The number of hydrazine groups is 1. The topological polar surface area (TPSA) is 79.8 Å². The molecule has 1 N–H and O–H groups in total. The van der Waals surface area contributed by atoms with Crippen LogP contribution in [0.5, 0.6) is 5.75 Å². The predicted molar refractivity (Wildman–Crippen MR) is 145 cm³/mol. The minimum atomic E-state index is -0.273. The van der Waals surface area contributed by atoms with Crippen LogP contribution < -0.4 is 20.1 Å². The maximum Gasteiger partial charge on any atom is 0.273 e. The summed E-state index contributed by atoms with van der Waals surface area (Å²) in [5.41, 5.74) is 7.97. The van der Waals surface area contributed by atoms with Crippen LogP contribution in [0.3, 0.4) is 0 Å². The summed E-state index contributed by atoms with van der Waals surface area (Å²) in [7, 11) is 0. The number of fused-ring (bicyclic) bond motifs is 2. The fraction of sp³-hybridized carbons (Fsp3) is 0.222. The number of nitrogens with zero attached hydrogens (tertiary/aromatic N) is 4. The van der Waals surface area contributed by atoms with Crippen LogP contribution in [0.15, 0.2) is 60.9 Å². The predicted octanol–water partition coefficient (Wildman–Crippen LogP) is 4.98. The number of aromatic nitrogens is 2. The lowest BCUT2D eigenvalue weighted by molar-refractivity contribution is 0.0943. The number of ether oxygens (including phenoxy) is 2. The molecule has 1 amide bonds. The van der Waals surface area contributed by atoms with Crippen LogP contribution in [-0.2, 0) is 4.74 Å². The van der Waals surface area contributed by atoms with E-state index in [1.807, 2.05) is 47.5 Å². The van der Waals surface area contributed by atoms with Gasteiger partial charge in [-0.15, -0.1) is 0 Å². The van der Waals surface area contributed by atoms with Crippen molar-refractivity contribution in [2.45, 2.75) is 0 Å². The summed E-state index contributed by atoms with van der Waals surface area (Å²) in [6.07, 6.45) is 3.34. The number of rotatable bonds is 4. The van der Waals surface area contributed by atoms with E-state index in [0.29, 0.717) is 66.1 Å². The number of anilines is 2. The molecule has 0 bridgehead atoms. The van der Waals surface area contributed by atoms with E-state index in [1.54, 1.807) is 18.5 Å². The van der Waals surface area contributed by atoms with E-state index in [0.717, 1.165) is 28.3 Å². The Labute approximate surface area is 223 Å². The van der Waals surface area contributed by atoms with Crippen molar-refractivity contribution >= 4 is 51.5 Å². The van der Waals surface area contributed by atoms with Gasteiger partial charge >= 0.3 is 0 Å². The fourth-order valence-electron chi connectivity index (χ4n) is 4.76. The smallest absolute Gasteiger partial charge is 0.273 e. The molecule has 0 radical (unpaired) electrons. The Balaban J connectivity index is 1.45. The van der Waals surface area contributed by atoms with E-state index in [9.17, 15) is 4.79 Å². The number of benzene rings is 2. The van der Waals surface area contributed by atoms with Crippen molar-refractivity contribution in [3.05, 3.63) is 76.5 Å². The highest BCUT2D eigenvalue weighted by atomic mass is 35.5. The minimum absolute atomic E-state index is 0.273. The first-order valence-corrected chi connectivity index (χ1v) is 12.7. The molecule has 0 aliphatic carbocycles. The van der Waals surface area contributed by atoms with E-state index in [4.69, 9.17) is 37.7 Å². The number of para-hydroxylation sites is 2. The summed E-state index contributed by atoms with van der Waals surface area (Å²) >= 11 is 12.6. The number of morpholine rings is 1. The van der Waals surface area contributed by atoms with Crippen LogP contribution >= 0.6 is 23.2 Å². The first kappa shape index (κ1) is 23.8. The van der Waals surface area contributed by atoms with Crippen LogP contribution in [0.4, 0.5) is 11.4 Å². The second kappa shape index (κ2) is 10.0. The molecule has 4 aromatic rings. The number of halogens is 2. The van der Waals surface area contributed by atoms with Gasteiger partial charge in [0, 0.05) is 41.1 Å². The molecule has 1 fully saturated rings. The van der Waals surface area contributed by atoms with Gasteiger partial charge in [0.25, 0.3) is 5.91 Å². The number of pyridine rings is 2.